The Morgan fingerprint density at radius 1 is 1.19 bits per heavy atom. The van der Waals surface area contributed by atoms with Crippen molar-refractivity contribution in [2.75, 3.05) is 6.54 Å². The van der Waals surface area contributed by atoms with Gasteiger partial charge in [0.05, 0.1) is 0 Å². The van der Waals surface area contributed by atoms with Crippen LogP contribution in [-0.4, -0.2) is 18.4 Å². The molecule has 16 heavy (non-hydrogen) atoms. The van der Waals surface area contributed by atoms with Crippen LogP contribution >= 0.6 is 0 Å². The molecule has 2 heteroatoms. The topological polar surface area (TPSA) is 29.1 Å². The first-order chi connectivity index (χ1) is 7.86. The quantitative estimate of drug-likeness (QED) is 0.778. The average Bonchev–Trinajstić information content (AvgIpc) is 2.83. The summed E-state index contributed by atoms with van der Waals surface area (Å²) in [7, 11) is 0. The highest BCUT2D eigenvalue weighted by molar-refractivity contribution is 6.00. The number of benzene rings is 1. The Morgan fingerprint density at radius 2 is 2.06 bits per heavy atom. The summed E-state index contributed by atoms with van der Waals surface area (Å²) in [5.41, 5.74) is 2.20. The molecule has 1 fully saturated rings. The van der Waals surface area contributed by atoms with E-state index in [4.69, 9.17) is 0 Å². The van der Waals surface area contributed by atoms with Gasteiger partial charge in [0.1, 0.15) is 0 Å². The highest BCUT2D eigenvalue weighted by Gasteiger charge is 2.34. The van der Waals surface area contributed by atoms with E-state index in [1.165, 1.54) is 18.4 Å². The molecule has 1 saturated heterocycles. The van der Waals surface area contributed by atoms with Gasteiger partial charge in [-0.25, -0.2) is 0 Å². The highest BCUT2D eigenvalue weighted by Crippen LogP contribution is 2.30. The van der Waals surface area contributed by atoms with E-state index in [-0.39, 0.29) is 5.92 Å². The van der Waals surface area contributed by atoms with Gasteiger partial charge in [0.2, 0.25) is 0 Å². The zero-order chi connectivity index (χ0) is 11.0. The van der Waals surface area contributed by atoms with Gasteiger partial charge in [-0.1, -0.05) is 24.3 Å². The van der Waals surface area contributed by atoms with Crippen LogP contribution in [0.1, 0.15) is 35.2 Å². The lowest BCUT2D eigenvalue weighted by atomic mass is 9.78. The Bertz CT molecular complexity index is 407. The fourth-order valence-corrected chi connectivity index (χ4v) is 3.06. The van der Waals surface area contributed by atoms with Crippen LogP contribution in [0.4, 0.5) is 0 Å². The van der Waals surface area contributed by atoms with Crippen LogP contribution in [0.25, 0.3) is 0 Å². The van der Waals surface area contributed by atoms with Crippen molar-refractivity contribution in [3.05, 3.63) is 35.4 Å². The molecule has 0 amide bonds. The molecular weight excluding hydrogens is 198 g/mol. The molecule has 0 spiro atoms. The summed E-state index contributed by atoms with van der Waals surface area (Å²) in [5.74, 6) is 0.582. The number of fused-ring (bicyclic) bond motifs is 1. The lowest BCUT2D eigenvalue weighted by molar-refractivity contribution is 0.0874. The van der Waals surface area contributed by atoms with E-state index in [0.717, 1.165) is 24.9 Å². The predicted molar refractivity (Wildman–Crippen MR) is 63.6 cm³/mol. The average molecular weight is 215 g/mol. The van der Waals surface area contributed by atoms with Crippen LogP contribution in [0.15, 0.2) is 24.3 Å². The van der Waals surface area contributed by atoms with Crippen molar-refractivity contribution >= 4 is 5.78 Å². The maximum atomic E-state index is 12.4. The highest BCUT2D eigenvalue weighted by atomic mass is 16.1. The van der Waals surface area contributed by atoms with Gasteiger partial charge in [-0.2, -0.15) is 0 Å². The third kappa shape index (κ3) is 1.57. The fourth-order valence-electron chi connectivity index (χ4n) is 3.06. The second kappa shape index (κ2) is 4.02. The molecule has 1 heterocycles. The molecular formula is C14H17NO. The lowest BCUT2D eigenvalue weighted by Crippen LogP contribution is -2.38. The Morgan fingerprint density at radius 3 is 2.88 bits per heavy atom. The van der Waals surface area contributed by atoms with Crippen LogP contribution in [0.5, 0.6) is 0 Å². The summed E-state index contributed by atoms with van der Waals surface area (Å²) in [5, 5.41) is 3.47. The Labute approximate surface area is 96.1 Å². The third-order valence-corrected chi connectivity index (χ3v) is 3.93. The van der Waals surface area contributed by atoms with E-state index in [1.54, 1.807) is 0 Å². The minimum absolute atomic E-state index is 0.220. The van der Waals surface area contributed by atoms with Crippen LogP contribution in [0, 0.1) is 5.92 Å². The smallest absolute Gasteiger partial charge is 0.167 e. The molecule has 2 nitrogen and oxygen atoms in total. The van der Waals surface area contributed by atoms with Gasteiger partial charge in [-0.3, -0.25) is 4.79 Å². The van der Waals surface area contributed by atoms with Crippen LogP contribution in [0.2, 0.25) is 0 Å². The number of aryl methyl sites for hydroxylation is 1. The molecule has 0 aromatic heterocycles. The molecule has 0 saturated carbocycles. The zero-order valence-electron chi connectivity index (χ0n) is 9.41. The zero-order valence-corrected chi connectivity index (χ0v) is 9.41. The predicted octanol–water partition coefficient (Wildman–Crippen LogP) is 2.18. The standard InChI is InChI=1S/C14H17NO/c16-14-11-5-2-1-4-10(11)7-8-12(14)13-6-3-9-15-13/h1-2,4-5,12-13,15H,3,6-9H2. The molecule has 3 rings (SSSR count). The molecule has 1 aromatic rings. The van der Waals surface area contributed by atoms with Crippen molar-refractivity contribution < 1.29 is 4.79 Å². The Hall–Kier alpha value is -1.15. The molecule has 0 radical (unpaired) electrons. The molecule has 2 atom stereocenters. The first-order valence-corrected chi connectivity index (χ1v) is 6.22. The summed E-state index contributed by atoms with van der Waals surface area (Å²) in [6.07, 6.45) is 4.47. The first kappa shape index (κ1) is 10.0. The molecule has 1 N–H and O–H groups in total. The summed E-state index contributed by atoms with van der Waals surface area (Å²) in [6, 6.07) is 8.51. The maximum Gasteiger partial charge on any atom is 0.167 e. The van der Waals surface area contributed by atoms with Gasteiger partial charge >= 0.3 is 0 Å². The monoisotopic (exact) mass is 215 g/mol. The Kier molecular flexibility index (Phi) is 2.52. The second-order valence-electron chi connectivity index (χ2n) is 4.87. The largest absolute Gasteiger partial charge is 0.313 e. The summed E-state index contributed by atoms with van der Waals surface area (Å²) >= 11 is 0. The maximum absolute atomic E-state index is 12.4. The minimum Gasteiger partial charge on any atom is -0.313 e. The normalized spacial score (nSPS) is 29.1. The number of Topliss-reactive ketones (excluding diaryl/α,β-unsaturated/α-hetero) is 1. The Balaban J connectivity index is 1.88. The van der Waals surface area contributed by atoms with E-state index < -0.39 is 0 Å². The van der Waals surface area contributed by atoms with Gasteiger partial charge in [-0.05, 0) is 37.8 Å². The fraction of sp³-hybridized carbons (Fsp3) is 0.500. The molecule has 0 bridgehead atoms. The van der Waals surface area contributed by atoms with Gasteiger partial charge in [-0.15, -0.1) is 0 Å². The summed E-state index contributed by atoms with van der Waals surface area (Å²) in [6.45, 7) is 1.08. The SMILES string of the molecule is O=C1c2ccccc2CCC1C1CCCN1. The molecule has 2 aliphatic rings. The van der Waals surface area contributed by atoms with Crippen molar-refractivity contribution in [2.24, 2.45) is 5.92 Å². The van der Waals surface area contributed by atoms with Gasteiger partial charge in [0.25, 0.3) is 0 Å². The second-order valence-corrected chi connectivity index (χ2v) is 4.87. The number of hydrogen-bond acceptors (Lipinski definition) is 2. The van der Waals surface area contributed by atoms with E-state index in [1.807, 2.05) is 18.2 Å². The number of carbonyl (C=O) groups is 1. The van der Waals surface area contributed by atoms with E-state index in [0.29, 0.717) is 11.8 Å². The van der Waals surface area contributed by atoms with Gasteiger partial charge in [0.15, 0.2) is 5.78 Å². The van der Waals surface area contributed by atoms with Crippen molar-refractivity contribution in [3.8, 4) is 0 Å². The molecule has 84 valence electrons. The third-order valence-electron chi connectivity index (χ3n) is 3.93. The molecule has 1 aliphatic heterocycles. The summed E-state index contributed by atoms with van der Waals surface area (Å²) in [4.78, 5) is 12.4. The first-order valence-electron chi connectivity index (χ1n) is 6.22. The van der Waals surface area contributed by atoms with Gasteiger partial charge < -0.3 is 5.32 Å². The van der Waals surface area contributed by atoms with Crippen molar-refractivity contribution in [2.45, 2.75) is 31.7 Å². The molecule has 1 aliphatic carbocycles. The van der Waals surface area contributed by atoms with Crippen molar-refractivity contribution in [1.29, 1.82) is 0 Å². The van der Waals surface area contributed by atoms with E-state index in [9.17, 15) is 4.79 Å². The lowest BCUT2D eigenvalue weighted by Gasteiger charge is -2.27. The van der Waals surface area contributed by atoms with Crippen molar-refractivity contribution in [1.82, 2.24) is 5.32 Å². The number of nitrogens with one attached hydrogen (secondary N) is 1. The number of hydrogen-bond donors (Lipinski definition) is 1. The molecule has 2 unspecified atom stereocenters. The van der Waals surface area contributed by atoms with Gasteiger partial charge in [0, 0.05) is 17.5 Å². The number of rotatable bonds is 1. The van der Waals surface area contributed by atoms with Crippen LogP contribution in [-0.2, 0) is 6.42 Å². The van der Waals surface area contributed by atoms with E-state index >= 15 is 0 Å². The van der Waals surface area contributed by atoms with Crippen molar-refractivity contribution in [3.63, 3.8) is 0 Å². The number of ketones is 1. The minimum atomic E-state index is 0.220. The van der Waals surface area contributed by atoms with Crippen LogP contribution < -0.4 is 5.32 Å². The molecule has 1 aromatic carbocycles. The van der Waals surface area contributed by atoms with E-state index in [2.05, 4.69) is 11.4 Å². The number of carbonyl (C=O) groups excluding carboxylic acids is 1. The van der Waals surface area contributed by atoms with Crippen LogP contribution in [0.3, 0.4) is 0 Å². The summed E-state index contributed by atoms with van der Waals surface area (Å²) < 4.78 is 0.